The van der Waals surface area contributed by atoms with E-state index in [0.717, 1.165) is 109 Å². The van der Waals surface area contributed by atoms with Crippen LogP contribution in [-0.2, 0) is 28.6 Å². The van der Waals surface area contributed by atoms with Crippen molar-refractivity contribution in [1.82, 2.24) is 0 Å². The molecule has 0 N–H and O–H groups in total. The fourth-order valence-electron chi connectivity index (χ4n) is 8.72. The summed E-state index contributed by atoms with van der Waals surface area (Å²) < 4.78 is 16.8. The van der Waals surface area contributed by atoms with Crippen LogP contribution < -0.4 is 0 Å². The Kier molecular flexibility index (Phi) is 56.3. The second kappa shape index (κ2) is 58.7. The largest absolute Gasteiger partial charge is 0.462 e. The second-order valence-electron chi connectivity index (χ2n) is 20.2. The molecular weight excluding hydrogens is 865 g/mol. The van der Waals surface area contributed by atoms with Crippen LogP contribution in [0.25, 0.3) is 0 Å². The number of carbonyl (C=O) groups is 3. The third-order valence-electron chi connectivity index (χ3n) is 13.3. The van der Waals surface area contributed by atoms with Crippen LogP contribution in [0.3, 0.4) is 0 Å². The summed E-state index contributed by atoms with van der Waals surface area (Å²) in [6.45, 7) is 6.50. The topological polar surface area (TPSA) is 78.9 Å². The van der Waals surface area contributed by atoms with Gasteiger partial charge in [-0.2, -0.15) is 0 Å². The van der Waals surface area contributed by atoms with E-state index in [1.54, 1.807) is 0 Å². The van der Waals surface area contributed by atoms with Crippen molar-refractivity contribution in [3.63, 3.8) is 0 Å². The highest BCUT2D eigenvalue weighted by molar-refractivity contribution is 5.71. The van der Waals surface area contributed by atoms with E-state index < -0.39 is 6.10 Å². The van der Waals surface area contributed by atoms with Crippen LogP contribution in [0, 0.1) is 0 Å². The van der Waals surface area contributed by atoms with Crippen LogP contribution in [0.15, 0.2) is 60.8 Å². The predicted octanol–water partition coefficient (Wildman–Crippen LogP) is 20.4. The Bertz CT molecular complexity index is 1260. The third kappa shape index (κ3) is 56.0. The molecule has 406 valence electrons. The fraction of sp³-hybridized carbons (Fsp3) is 0.797. The Labute approximate surface area is 434 Å². The lowest BCUT2D eigenvalue weighted by atomic mass is 10.0. The van der Waals surface area contributed by atoms with Crippen LogP contribution >= 0.6 is 0 Å². The standard InChI is InChI=1S/C64H114O6/c1-4-7-10-13-16-19-22-25-27-28-29-30-31-32-33-34-35-37-39-42-45-48-51-54-57-63(66)69-60-61(59-68-62(65)56-53-50-47-44-41-38-24-21-18-15-12-9-6-3)70-64(67)58-55-52-49-46-43-40-36-26-23-20-17-14-11-8-5-2/h9,12,17-18,20-21,26,36,38,41,61H,4-8,10-11,13-16,19,22-25,27-35,37,39-40,42-60H2,1-3H3/b12-9-,20-17-,21-18-,36-26-,41-38-. The van der Waals surface area contributed by atoms with E-state index in [2.05, 4.69) is 81.5 Å². The molecule has 0 spiro atoms. The summed E-state index contributed by atoms with van der Waals surface area (Å²) in [6.07, 6.45) is 73.8. The van der Waals surface area contributed by atoms with Crippen LogP contribution in [0.2, 0.25) is 0 Å². The first-order valence-electron chi connectivity index (χ1n) is 30.3. The molecule has 0 aromatic rings. The van der Waals surface area contributed by atoms with E-state index >= 15 is 0 Å². The highest BCUT2D eigenvalue weighted by Crippen LogP contribution is 2.17. The molecule has 0 fully saturated rings. The monoisotopic (exact) mass is 979 g/mol. The first-order valence-corrected chi connectivity index (χ1v) is 30.3. The van der Waals surface area contributed by atoms with Crippen LogP contribution in [0.4, 0.5) is 0 Å². The average molecular weight is 980 g/mol. The molecule has 0 aromatic heterocycles. The molecule has 1 unspecified atom stereocenters. The summed E-state index contributed by atoms with van der Waals surface area (Å²) in [5, 5.41) is 0. The molecule has 6 heteroatoms. The number of carbonyl (C=O) groups excluding carboxylic acids is 3. The quantitative estimate of drug-likeness (QED) is 0.0261. The maximum absolute atomic E-state index is 12.8. The van der Waals surface area contributed by atoms with Crippen molar-refractivity contribution in [2.24, 2.45) is 0 Å². The van der Waals surface area contributed by atoms with E-state index in [1.807, 2.05) is 0 Å². The summed E-state index contributed by atoms with van der Waals surface area (Å²) in [5.74, 6) is -0.919. The van der Waals surface area contributed by atoms with Gasteiger partial charge in [0.2, 0.25) is 0 Å². The van der Waals surface area contributed by atoms with Gasteiger partial charge in [0.15, 0.2) is 6.10 Å². The molecule has 0 amide bonds. The normalized spacial score (nSPS) is 12.4. The zero-order valence-corrected chi connectivity index (χ0v) is 46.5. The summed E-state index contributed by atoms with van der Waals surface area (Å²) in [7, 11) is 0. The molecule has 70 heavy (non-hydrogen) atoms. The van der Waals surface area contributed by atoms with Gasteiger partial charge in [-0.3, -0.25) is 14.4 Å². The molecule has 0 aliphatic rings. The third-order valence-corrected chi connectivity index (χ3v) is 13.3. The van der Waals surface area contributed by atoms with Crippen molar-refractivity contribution in [2.75, 3.05) is 13.2 Å². The number of rotatable bonds is 55. The average Bonchev–Trinajstić information content (AvgIpc) is 3.36. The maximum atomic E-state index is 12.8. The highest BCUT2D eigenvalue weighted by Gasteiger charge is 2.19. The summed E-state index contributed by atoms with van der Waals surface area (Å²) in [6, 6.07) is 0. The van der Waals surface area contributed by atoms with Gasteiger partial charge in [-0.1, -0.05) is 268 Å². The molecule has 1 atom stereocenters. The lowest BCUT2D eigenvalue weighted by Crippen LogP contribution is -2.30. The van der Waals surface area contributed by atoms with Crippen LogP contribution in [0.1, 0.15) is 310 Å². The molecule has 0 bridgehead atoms. The molecule has 0 saturated carbocycles. The Morgan fingerprint density at radius 3 is 0.914 bits per heavy atom. The molecule has 0 radical (unpaired) electrons. The van der Waals surface area contributed by atoms with Crippen molar-refractivity contribution >= 4 is 17.9 Å². The fourth-order valence-corrected chi connectivity index (χ4v) is 8.72. The number of hydrogen-bond acceptors (Lipinski definition) is 6. The van der Waals surface area contributed by atoms with E-state index in [9.17, 15) is 14.4 Å². The Hall–Kier alpha value is -2.89. The number of ether oxygens (including phenoxy) is 3. The number of hydrogen-bond donors (Lipinski definition) is 0. The van der Waals surface area contributed by atoms with Crippen LogP contribution in [0.5, 0.6) is 0 Å². The molecule has 0 heterocycles. The van der Waals surface area contributed by atoms with Gasteiger partial charge in [-0.25, -0.2) is 0 Å². The zero-order chi connectivity index (χ0) is 50.7. The van der Waals surface area contributed by atoms with E-state index in [1.165, 1.54) is 161 Å². The Morgan fingerprint density at radius 2 is 0.557 bits per heavy atom. The van der Waals surface area contributed by atoms with Gasteiger partial charge in [0.25, 0.3) is 0 Å². The zero-order valence-electron chi connectivity index (χ0n) is 46.5. The molecule has 6 nitrogen and oxygen atoms in total. The van der Waals surface area contributed by atoms with Crippen molar-refractivity contribution in [2.45, 2.75) is 316 Å². The Balaban J connectivity index is 4.28. The molecule has 0 saturated heterocycles. The van der Waals surface area contributed by atoms with E-state index in [0.29, 0.717) is 19.3 Å². The number of unbranched alkanes of at least 4 members (excludes halogenated alkanes) is 34. The van der Waals surface area contributed by atoms with Gasteiger partial charge in [0, 0.05) is 19.3 Å². The predicted molar refractivity (Wildman–Crippen MR) is 302 cm³/mol. The van der Waals surface area contributed by atoms with Gasteiger partial charge in [0.1, 0.15) is 13.2 Å². The van der Waals surface area contributed by atoms with Crippen LogP contribution in [-0.4, -0.2) is 37.2 Å². The van der Waals surface area contributed by atoms with Gasteiger partial charge in [0.05, 0.1) is 0 Å². The van der Waals surface area contributed by atoms with E-state index in [-0.39, 0.29) is 31.1 Å². The molecule has 0 aliphatic heterocycles. The summed E-state index contributed by atoms with van der Waals surface area (Å²) in [4.78, 5) is 38.2. The maximum Gasteiger partial charge on any atom is 0.306 e. The number of esters is 3. The van der Waals surface area contributed by atoms with Gasteiger partial charge >= 0.3 is 17.9 Å². The number of allylic oxidation sites excluding steroid dienone is 10. The Morgan fingerprint density at radius 1 is 0.300 bits per heavy atom. The van der Waals surface area contributed by atoms with Gasteiger partial charge in [-0.05, 0) is 83.5 Å². The molecule has 0 aromatic carbocycles. The van der Waals surface area contributed by atoms with E-state index in [4.69, 9.17) is 14.2 Å². The minimum atomic E-state index is -0.792. The molecular formula is C64H114O6. The summed E-state index contributed by atoms with van der Waals surface area (Å²) in [5.41, 5.74) is 0. The molecule has 0 aliphatic carbocycles. The SMILES string of the molecule is CC/C=C\C/C=C\C/C=C\CCCCCC(=O)OCC(COC(=O)CCCCCCCCCCCCCCCCCCCCCCCCCC)OC(=O)CCCCCCC/C=C\C/C=C\CCCCC. The van der Waals surface area contributed by atoms with Crippen molar-refractivity contribution in [3.05, 3.63) is 60.8 Å². The van der Waals surface area contributed by atoms with Crippen molar-refractivity contribution in [3.8, 4) is 0 Å². The first kappa shape index (κ1) is 67.1. The van der Waals surface area contributed by atoms with Crippen molar-refractivity contribution < 1.29 is 28.6 Å². The minimum absolute atomic E-state index is 0.0869. The molecule has 0 rings (SSSR count). The highest BCUT2D eigenvalue weighted by atomic mass is 16.6. The lowest BCUT2D eigenvalue weighted by molar-refractivity contribution is -0.167. The van der Waals surface area contributed by atoms with Gasteiger partial charge < -0.3 is 14.2 Å². The van der Waals surface area contributed by atoms with Gasteiger partial charge in [-0.15, -0.1) is 0 Å². The smallest absolute Gasteiger partial charge is 0.306 e. The minimum Gasteiger partial charge on any atom is -0.462 e. The lowest BCUT2D eigenvalue weighted by Gasteiger charge is -2.18. The first-order chi connectivity index (χ1) is 34.5. The van der Waals surface area contributed by atoms with Crippen molar-refractivity contribution in [1.29, 1.82) is 0 Å². The summed E-state index contributed by atoms with van der Waals surface area (Å²) >= 11 is 0. The second-order valence-corrected chi connectivity index (χ2v) is 20.2.